The summed E-state index contributed by atoms with van der Waals surface area (Å²) >= 11 is 3.74. The van der Waals surface area contributed by atoms with Crippen molar-refractivity contribution in [1.82, 2.24) is 20.9 Å². The number of nitrogens with zero attached hydrogens (tertiary/aromatic N) is 1. The molecule has 3 N–H and O–H groups in total. The van der Waals surface area contributed by atoms with E-state index >= 15 is 0 Å². The van der Waals surface area contributed by atoms with Crippen molar-refractivity contribution in [1.29, 1.82) is 0 Å². The van der Waals surface area contributed by atoms with E-state index < -0.39 is 11.6 Å². The number of likely N-dealkylation sites (tertiary alicyclic amines) is 1. The summed E-state index contributed by atoms with van der Waals surface area (Å²) in [5.41, 5.74) is -0.0545. The molecule has 2 saturated heterocycles. The summed E-state index contributed by atoms with van der Waals surface area (Å²) in [6, 6.07) is 17.0. The lowest BCUT2D eigenvalue weighted by atomic mass is 9.93. The molecule has 246 valence electrons. The molecule has 3 heterocycles. The van der Waals surface area contributed by atoms with E-state index in [0.717, 1.165) is 96.5 Å². The van der Waals surface area contributed by atoms with Gasteiger partial charge in [0.1, 0.15) is 11.6 Å². The molecule has 2 aliphatic heterocycles. The molecular formula is C36H45IN4O4S. The molecule has 1 aliphatic carbocycles. The van der Waals surface area contributed by atoms with Crippen molar-refractivity contribution in [3.63, 3.8) is 0 Å². The third-order valence-electron chi connectivity index (χ3n) is 10.00. The molecule has 8 nitrogen and oxygen atoms in total. The first kappa shape index (κ1) is 33.4. The molecule has 6 rings (SSSR count). The van der Waals surface area contributed by atoms with Gasteiger partial charge >= 0.3 is 0 Å². The highest BCUT2D eigenvalue weighted by Crippen LogP contribution is 2.33. The molecule has 10 heteroatoms. The van der Waals surface area contributed by atoms with E-state index in [4.69, 9.17) is 4.74 Å². The maximum absolute atomic E-state index is 14.1. The third kappa shape index (κ3) is 8.29. The van der Waals surface area contributed by atoms with Gasteiger partial charge in [-0.15, -0.1) is 11.3 Å². The highest BCUT2D eigenvalue weighted by Gasteiger charge is 2.44. The second-order valence-electron chi connectivity index (χ2n) is 13.3. The summed E-state index contributed by atoms with van der Waals surface area (Å²) in [7, 11) is 0. The molecule has 3 amide bonds. The Balaban J connectivity index is 1.08. The van der Waals surface area contributed by atoms with Crippen LogP contribution < -0.4 is 16.0 Å². The highest BCUT2D eigenvalue weighted by atomic mass is 127. The van der Waals surface area contributed by atoms with Crippen molar-refractivity contribution in [3.05, 3.63) is 68.6 Å². The van der Waals surface area contributed by atoms with Gasteiger partial charge in [-0.05, 0) is 109 Å². The normalized spacial score (nSPS) is 19.9. The van der Waals surface area contributed by atoms with Gasteiger partial charge in [0, 0.05) is 41.0 Å². The average Bonchev–Trinajstić information content (AvgIpc) is 3.74. The summed E-state index contributed by atoms with van der Waals surface area (Å²) < 4.78 is 7.69. The maximum Gasteiger partial charge on any atom is 0.262 e. The predicted molar refractivity (Wildman–Crippen MR) is 191 cm³/mol. The van der Waals surface area contributed by atoms with Crippen LogP contribution in [0.3, 0.4) is 0 Å². The van der Waals surface area contributed by atoms with Gasteiger partial charge in [-0.3, -0.25) is 14.4 Å². The number of rotatable bonds is 11. The summed E-state index contributed by atoms with van der Waals surface area (Å²) in [6.45, 7) is 5.64. The van der Waals surface area contributed by atoms with E-state index in [1.54, 1.807) is 0 Å². The smallest absolute Gasteiger partial charge is 0.262 e. The van der Waals surface area contributed by atoms with Crippen LogP contribution in [0.25, 0.3) is 10.1 Å². The number of hydrogen-bond donors (Lipinski definition) is 3. The van der Waals surface area contributed by atoms with Crippen molar-refractivity contribution in [2.45, 2.75) is 69.4 Å². The minimum atomic E-state index is -1.03. The minimum Gasteiger partial charge on any atom is -0.381 e. The van der Waals surface area contributed by atoms with Gasteiger partial charge in [0.25, 0.3) is 5.91 Å². The molecule has 1 aromatic heterocycles. The van der Waals surface area contributed by atoms with Gasteiger partial charge in [0.05, 0.1) is 4.88 Å². The van der Waals surface area contributed by atoms with Crippen LogP contribution >= 0.6 is 33.9 Å². The number of carbonyl (C=O) groups excluding carboxylic acids is 3. The van der Waals surface area contributed by atoms with E-state index in [0.29, 0.717) is 36.6 Å². The molecule has 3 fully saturated rings. The summed E-state index contributed by atoms with van der Waals surface area (Å²) in [4.78, 5) is 44.5. The monoisotopic (exact) mass is 756 g/mol. The Morgan fingerprint density at radius 3 is 2.41 bits per heavy atom. The second kappa shape index (κ2) is 15.6. The maximum atomic E-state index is 14.1. The number of ether oxygens (including phenoxy) is 1. The first-order chi connectivity index (χ1) is 22.4. The molecule has 3 aromatic rings. The number of fused-ring (bicyclic) bond motifs is 1. The van der Waals surface area contributed by atoms with E-state index in [9.17, 15) is 14.4 Å². The Morgan fingerprint density at radius 2 is 1.70 bits per heavy atom. The molecule has 1 atom stereocenters. The first-order valence-corrected chi connectivity index (χ1v) is 18.7. The Kier molecular flexibility index (Phi) is 11.3. The second-order valence-corrected chi connectivity index (χ2v) is 15.5. The number of halogens is 1. The Labute approximate surface area is 289 Å². The fourth-order valence-corrected chi connectivity index (χ4v) is 9.01. The molecule has 3 aliphatic rings. The van der Waals surface area contributed by atoms with Gasteiger partial charge < -0.3 is 25.6 Å². The summed E-state index contributed by atoms with van der Waals surface area (Å²) in [5.74, 6) is 0.482. The number of amides is 3. The van der Waals surface area contributed by atoms with Crippen molar-refractivity contribution in [3.8, 4) is 0 Å². The molecule has 0 unspecified atom stereocenters. The average molecular weight is 757 g/mol. The van der Waals surface area contributed by atoms with E-state index in [1.807, 2.05) is 54.6 Å². The van der Waals surface area contributed by atoms with Gasteiger partial charge in [0.2, 0.25) is 11.8 Å². The quantitative estimate of drug-likeness (QED) is 0.224. The van der Waals surface area contributed by atoms with Crippen LogP contribution in [0.15, 0.2) is 54.6 Å². The van der Waals surface area contributed by atoms with Gasteiger partial charge in [0.15, 0.2) is 0 Å². The SMILES string of the molecule is O=C(NC1(C(=O)N[C@H](Cc2ccccc2)C(=O)NCC2CCN(CC3CCOCC3)CC2)CCCC1)c1cc2cccc(I)c2s1. The zero-order valence-electron chi connectivity index (χ0n) is 26.4. The number of hydrogen-bond acceptors (Lipinski definition) is 6. The van der Waals surface area contributed by atoms with Gasteiger partial charge in [-0.1, -0.05) is 55.3 Å². The molecule has 0 bridgehead atoms. The van der Waals surface area contributed by atoms with Crippen LogP contribution in [0.4, 0.5) is 0 Å². The Bertz CT molecular complexity index is 1490. The fourth-order valence-electron chi connectivity index (χ4n) is 7.20. The number of benzene rings is 2. The minimum absolute atomic E-state index is 0.166. The number of piperidine rings is 1. The number of carbonyl (C=O) groups is 3. The molecule has 0 spiro atoms. The van der Waals surface area contributed by atoms with Crippen LogP contribution in [0.2, 0.25) is 0 Å². The van der Waals surface area contributed by atoms with Crippen LogP contribution in [0.1, 0.15) is 66.6 Å². The number of thiophene rings is 1. The zero-order valence-corrected chi connectivity index (χ0v) is 29.4. The van der Waals surface area contributed by atoms with Crippen molar-refractivity contribution < 1.29 is 19.1 Å². The third-order valence-corrected chi connectivity index (χ3v) is 12.4. The molecule has 2 aromatic carbocycles. The zero-order chi connectivity index (χ0) is 31.9. The van der Waals surface area contributed by atoms with E-state index in [1.165, 1.54) is 11.3 Å². The van der Waals surface area contributed by atoms with Crippen LogP contribution in [-0.4, -0.2) is 73.6 Å². The van der Waals surface area contributed by atoms with Gasteiger partial charge in [-0.2, -0.15) is 0 Å². The van der Waals surface area contributed by atoms with E-state index in [2.05, 4.69) is 43.4 Å². The summed E-state index contributed by atoms with van der Waals surface area (Å²) in [5, 5.41) is 10.4. The van der Waals surface area contributed by atoms with Crippen LogP contribution in [0.5, 0.6) is 0 Å². The molecular weight excluding hydrogens is 711 g/mol. The van der Waals surface area contributed by atoms with E-state index in [-0.39, 0.29) is 17.7 Å². The molecule has 46 heavy (non-hydrogen) atoms. The van der Waals surface area contributed by atoms with Crippen LogP contribution in [-0.2, 0) is 20.7 Å². The molecule has 1 saturated carbocycles. The highest BCUT2D eigenvalue weighted by molar-refractivity contribution is 14.1. The topological polar surface area (TPSA) is 99.8 Å². The summed E-state index contributed by atoms with van der Waals surface area (Å²) in [6.07, 6.45) is 7.62. The Hall–Kier alpha value is -2.54. The number of nitrogens with one attached hydrogen (secondary N) is 3. The lowest BCUT2D eigenvalue weighted by molar-refractivity contribution is -0.132. The lowest BCUT2D eigenvalue weighted by Crippen LogP contribution is -2.61. The van der Waals surface area contributed by atoms with Crippen molar-refractivity contribution >= 4 is 61.7 Å². The lowest BCUT2D eigenvalue weighted by Gasteiger charge is -2.35. The van der Waals surface area contributed by atoms with Crippen molar-refractivity contribution in [2.24, 2.45) is 11.8 Å². The fraction of sp³-hybridized carbons (Fsp3) is 0.528. The largest absolute Gasteiger partial charge is 0.381 e. The Morgan fingerprint density at radius 1 is 0.957 bits per heavy atom. The first-order valence-electron chi connectivity index (χ1n) is 16.8. The van der Waals surface area contributed by atoms with Gasteiger partial charge in [-0.25, -0.2) is 0 Å². The predicted octanol–water partition coefficient (Wildman–Crippen LogP) is 5.53. The standard InChI is InChI=1S/C36H45IN4O4S/c37-29-10-6-9-28-22-31(46-32(28)29)34(43)40-36(15-4-5-16-36)35(44)39-30(21-25-7-2-1-3-8-25)33(42)38-23-26-11-17-41(18-12-26)24-27-13-19-45-20-14-27/h1-3,6-10,22,26-27,30H,4-5,11-21,23-24H2,(H,38,42)(H,39,44)(H,40,43)/t30-/m1/s1. The molecule has 0 radical (unpaired) electrons. The van der Waals surface area contributed by atoms with Crippen LogP contribution in [0, 0.1) is 15.4 Å². The van der Waals surface area contributed by atoms with Crippen molar-refractivity contribution in [2.75, 3.05) is 39.4 Å².